The fraction of sp³-hybridized carbons (Fsp3) is 0.0909. The minimum Gasteiger partial charge on any atom is -0.409 e. The minimum atomic E-state index is 0.0791. The number of nitrogens with two attached hydrogens (primary N) is 1. The summed E-state index contributed by atoms with van der Waals surface area (Å²) >= 11 is 4.94. The first kappa shape index (κ1) is 13.0. The number of amidine groups is 1. The predicted octanol–water partition coefficient (Wildman–Crippen LogP) is 2.43. The van der Waals surface area contributed by atoms with Crippen LogP contribution in [0.15, 0.2) is 50.3 Å². The molecule has 0 aliphatic carbocycles. The monoisotopic (exact) mass is 326 g/mol. The zero-order valence-electron chi connectivity index (χ0n) is 9.54. The van der Waals surface area contributed by atoms with Gasteiger partial charge in [0.05, 0.1) is 0 Å². The van der Waals surface area contributed by atoms with Crippen molar-refractivity contribution in [1.82, 2.24) is 9.55 Å². The number of halogens is 1. The molecule has 0 aliphatic rings. The van der Waals surface area contributed by atoms with E-state index in [9.17, 15) is 0 Å². The topological polar surface area (TPSA) is 76.4 Å². The lowest BCUT2D eigenvalue weighted by Gasteiger charge is -2.06. The van der Waals surface area contributed by atoms with Gasteiger partial charge in [-0.15, -0.1) is 0 Å². The van der Waals surface area contributed by atoms with Gasteiger partial charge in [0, 0.05) is 34.4 Å². The van der Waals surface area contributed by atoms with E-state index in [1.54, 1.807) is 24.0 Å². The summed E-state index contributed by atoms with van der Waals surface area (Å²) in [5, 5.41) is 12.5. The van der Waals surface area contributed by atoms with Crippen molar-refractivity contribution in [3.8, 4) is 0 Å². The number of hydrogen-bond donors (Lipinski definition) is 2. The van der Waals surface area contributed by atoms with Crippen molar-refractivity contribution in [1.29, 1.82) is 0 Å². The highest BCUT2D eigenvalue weighted by Gasteiger charge is 2.08. The van der Waals surface area contributed by atoms with Gasteiger partial charge in [-0.05, 0) is 34.1 Å². The molecule has 0 spiro atoms. The molecule has 7 heteroatoms. The molecule has 0 amide bonds. The van der Waals surface area contributed by atoms with Crippen LogP contribution in [0.25, 0.3) is 0 Å². The molecule has 0 aliphatic heterocycles. The minimum absolute atomic E-state index is 0.0791. The molecule has 94 valence electrons. The summed E-state index contributed by atoms with van der Waals surface area (Å²) in [5.41, 5.74) is 6.21. The van der Waals surface area contributed by atoms with Crippen molar-refractivity contribution >= 4 is 33.5 Å². The Balaban J connectivity index is 2.27. The van der Waals surface area contributed by atoms with Crippen molar-refractivity contribution in [2.24, 2.45) is 17.9 Å². The molecule has 3 N–H and O–H groups in total. The Kier molecular flexibility index (Phi) is 3.93. The third-order valence-corrected chi connectivity index (χ3v) is 4.03. The molecule has 0 unspecified atom stereocenters. The van der Waals surface area contributed by atoms with Crippen molar-refractivity contribution in [2.45, 2.75) is 10.1 Å². The molecule has 1 heterocycles. The van der Waals surface area contributed by atoms with Gasteiger partial charge in [0.25, 0.3) is 0 Å². The smallest absolute Gasteiger partial charge is 0.172 e. The molecule has 5 nitrogen and oxygen atoms in total. The summed E-state index contributed by atoms with van der Waals surface area (Å²) in [7, 11) is 1.94. The van der Waals surface area contributed by atoms with Gasteiger partial charge in [-0.2, -0.15) is 0 Å². The van der Waals surface area contributed by atoms with Crippen LogP contribution in [-0.2, 0) is 7.05 Å². The highest BCUT2D eigenvalue weighted by atomic mass is 79.9. The standard InChI is InChI=1S/C11H11BrN4OS/c1-16-5-4-14-11(16)18-7-2-3-8(9(12)6-7)10(13)15-17/h2-6,17H,1H3,(H2,13,15). The van der Waals surface area contributed by atoms with Gasteiger partial charge in [-0.25, -0.2) is 4.98 Å². The molecule has 2 rings (SSSR count). The first-order valence-corrected chi connectivity index (χ1v) is 6.65. The number of oxime groups is 1. The Morgan fingerprint density at radius 1 is 1.56 bits per heavy atom. The van der Waals surface area contributed by atoms with Crippen LogP contribution in [0.1, 0.15) is 5.56 Å². The van der Waals surface area contributed by atoms with Crippen molar-refractivity contribution in [3.63, 3.8) is 0 Å². The van der Waals surface area contributed by atoms with Gasteiger partial charge in [-0.1, -0.05) is 16.9 Å². The first-order chi connectivity index (χ1) is 8.61. The lowest BCUT2D eigenvalue weighted by molar-refractivity contribution is 0.318. The third-order valence-electron chi connectivity index (χ3n) is 2.31. The van der Waals surface area contributed by atoms with E-state index in [0.29, 0.717) is 5.56 Å². The van der Waals surface area contributed by atoms with E-state index in [1.807, 2.05) is 29.9 Å². The Morgan fingerprint density at radius 3 is 2.89 bits per heavy atom. The molecule has 2 aromatic rings. The second-order valence-corrected chi connectivity index (χ2v) is 5.44. The van der Waals surface area contributed by atoms with Crippen molar-refractivity contribution < 1.29 is 5.21 Å². The van der Waals surface area contributed by atoms with Gasteiger partial charge in [0.2, 0.25) is 0 Å². The molecular formula is C11H11BrN4OS. The van der Waals surface area contributed by atoms with Crippen LogP contribution in [0.2, 0.25) is 0 Å². The van der Waals surface area contributed by atoms with E-state index >= 15 is 0 Å². The third kappa shape index (κ3) is 2.68. The molecule has 1 aromatic carbocycles. The Labute approximate surface area is 117 Å². The Hall–Kier alpha value is -1.47. The van der Waals surface area contributed by atoms with Crippen LogP contribution in [0.5, 0.6) is 0 Å². The van der Waals surface area contributed by atoms with Gasteiger partial charge in [-0.3, -0.25) is 0 Å². The number of rotatable bonds is 3. The van der Waals surface area contributed by atoms with E-state index in [4.69, 9.17) is 10.9 Å². The summed E-state index contributed by atoms with van der Waals surface area (Å²) in [5.74, 6) is 0.0791. The number of benzene rings is 1. The number of imidazole rings is 1. The maximum absolute atomic E-state index is 8.65. The summed E-state index contributed by atoms with van der Waals surface area (Å²) in [6.07, 6.45) is 3.64. The van der Waals surface area contributed by atoms with Crippen LogP contribution in [-0.4, -0.2) is 20.6 Å². The average molecular weight is 327 g/mol. The van der Waals surface area contributed by atoms with E-state index < -0.39 is 0 Å². The maximum Gasteiger partial charge on any atom is 0.172 e. The largest absolute Gasteiger partial charge is 0.409 e. The molecule has 1 aromatic heterocycles. The molecule has 0 atom stereocenters. The maximum atomic E-state index is 8.65. The molecule has 0 saturated heterocycles. The van der Waals surface area contributed by atoms with Crippen molar-refractivity contribution in [2.75, 3.05) is 0 Å². The SMILES string of the molecule is Cn1ccnc1Sc1ccc(/C(N)=N/O)c(Br)c1. The van der Waals surface area contributed by atoms with Gasteiger partial charge in [0.15, 0.2) is 11.0 Å². The zero-order valence-corrected chi connectivity index (χ0v) is 11.9. The van der Waals surface area contributed by atoms with Crippen LogP contribution in [0.3, 0.4) is 0 Å². The lowest BCUT2D eigenvalue weighted by Crippen LogP contribution is -2.13. The normalized spacial score (nSPS) is 11.8. The van der Waals surface area contributed by atoms with Crippen molar-refractivity contribution in [3.05, 3.63) is 40.6 Å². The number of nitrogens with zero attached hydrogens (tertiary/aromatic N) is 3. The molecule has 18 heavy (non-hydrogen) atoms. The quantitative estimate of drug-likeness (QED) is 0.393. The van der Waals surface area contributed by atoms with Gasteiger partial charge < -0.3 is 15.5 Å². The number of aromatic nitrogens is 2. The fourth-order valence-electron chi connectivity index (χ4n) is 1.38. The van der Waals surface area contributed by atoms with Crippen LogP contribution in [0.4, 0.5) is 0 Å². The van der Waals surface area contributed by atoms with E-state index in [1.165, 1.54) is 0 Å². The summed E-state index contributed by atoms with van der Waals surface area (Å²) < 4.78 is 2.72. The highest BCUT2D eigenvalue weighted by Crippen LogP contribution is 2.29. The molecule has 0 saturated carbocycles. The zero-order chi connectivity index (χ0) is 13.1. The van der Waals surface area contributed by atoms with E-state index in [0.717, 1.165) is 14.5 Å². The second kappa shape index (κ2) is 5.45. The first-order valence-electron chi connectivity index (χ1n) is 5.04. The highest BCUT2D eigenvalue weighted by molar-refractivity contribution is 9.10. The Bertz CT molecular complexity index is 596. The predicted molar refractivity (Wildman–Crippen MR) is 74.0 cm³/mol. The van der Waals surface area contributed by atoms with Crippen LogP contribution >= 0.6 is 27.7 Å². The van der Waals surface area contributed by atoms with Gasteiger partial charge >= 0.3 is 0 Å². The molecule has 0 fully saturated rings. The van der Waals surface area contributed by atoms with Gasteiger partial charge in [0.1, 0.15) is 0 Å². The second-order valence-electron chi connectivity index (χ2n) is 3.55. The number of aryl methyl sites for hydroxylation is 1. The van der Waals surface area contributed by atoms with E-state index in [-0.39, 0.29) is 5.84 Å². The average Bonchev–Trinajstić information content (AvgIpc) is 2.74. The summed E-state index contributed by atoms with van der Waals surface area (Å²) in [4.78, 5) is 5.26. The van der Waals surface area contributed by atoms with E-state index in [2.05, 4.69) is 26.1 Å². The Morgan fingerprint density at radius 2 is 2.33 bits per heavy atom. The molecule has 0 radical (unpaired) electrons. The summed E-state index contributed by atoms with van der Waals surface area (Å²) in [6, 6.07) is 5.61. The number of hydrogen-bond acceptors (Lipinski definition) is 4. The van der Waals surface area contributed by atoms with Crippen LogP contribution in [0, 0.1) is 0 Å². The lowest BCUT2D eigenvalue weighted by atomic mass is 10.2. The molecule has 0 bridgehead atoms. The van der Waals surface area contributed by atoms with Crippen LogP contribution < -0.4 is 5.73 Å². The fourth-order valence-corrected chi connectivity index (χ4v) is 2.95. The summed E-state index contributed by atoms with van der Waals surface area (Å²) in [6.45, 7) is 0. The molecular weight excluding hydrogens is 316 g/mol.